The Kier molecular flexibility index (Phi) is 3.75. The first-order chi connectivity index (χ1) is 8.56. The smallest absolute Gasteiger partial charge is 0.220 e. The van der Waals surface area contributed by atoms with Crippen LogP contribution in [-0.4, -0.2) is 32.6 Å². The molecule has 1 saturated heterocycles. The number of rotatable bonds is 4. The Morgan fingerprint density at radius 1 is 1.44 bits per heavy atom. The highest BCUT2D eigenvalue weighted by atomic mass is 16.1. The molecule has 1 aromatic rings. The van der Waals surface area contributed by atoms with Crippen LogP contribution in [0.1, 0.15) is 18.4 Å². The van der Waals surface area contributed by atoms with E-state index in [-0.39, 0.29) is 11.9 Å². The van der Waals surface area contributed by atoms with E-state index < -0.39 is 0 Å². The van der Waals surface area contributed by atoms with E-state index in [1.807, 2.05) is 14.1 Å². The van der Waals surface area contributed by atoms with Crippen LogP contribution in [0.4, 0.5) is 11.4 Å². The van der Waals surface area contributed by atoms with Gasteiger partial charge in [-0.15, -0.1) is 0 Å². The molecule has 1 aromatic carbocycles. The molecule has 0 bridgehead atoms. The van der Waals surface area contributed by atoms with Crippen LogP contribution < -0.4 is 15.5 Å². The number of anilines is 2. The van der Waals surface area contributed by atoms with E-state index in [2.05, 4.69) is 40.7 Å². The van der Waals surface area contributed by atoms with Gasteiger partial charge in [0.15, 0.2) is 0 Å². The predicted octanol–water partition coefficient (Wildman–Crippen LogP) is 1.75. The lowest BCUT2D eigenvalue weighted by Crippen LogP contribution is -2.31. The fourth-order valence-electron chi connectivity index (χ4n) is 2.27. The molecule has 0 aromatic heterocycles. The molecular formula is C14H21N3O. The van der Waals surface area contributed by atoms with Crippen molar-refractivity contribution in [3.05, 3.63) is 23.8 Å². The first-order valence-electron chi connectivity index (χ1n) is 6.37. The number of carbonyl (C=O) groups excluding carboxylic acids is 1. The summed E-state index contributed by atoms with van der Waals surface area (Å²) in [6.07, 6.45) is 1.58. The first kappa shape index (κ1) is 12.7. The lowest BCUT2D eigenvalue weighted by molar-refractivity contribution is -0.119. The van der Waals surface area contributed by atoms with Gasteiger partial charge in [0, 0.05) is 44.5 Å². The number of aryl methyl sites for hydroxylation is 1. The normalized spacial score (nSPS) is 18.6. The van der Waals surface area contributed by atoms with Crippen LogP contribution in [0.3, 0.4) is 0 Å². The van der Waals surface area contributed by atoms with Gasteiger partial charge in [0.05, 0.1) is 0 Å². The van der Waals surface area contributed by atoms with E-state index in [0.717, 1.165) is 18.7 Å². The minimum absolute atomic E-state index is 0.166. The summed E-state index contributed by atoms with van der Waals surface area (Å²) in [5.74, 6) is 0.166. The molecular weight excluding hydrogens is 226 g/mol. The maximum atomic E-state index is 11.1. The topological polar surface area (TPSA) is 44.4 Å². The van der Waals surface area contributed by atoms with Crippen molar-refractivity contribution >= 4 is 17.3 Å². The Morgan fingerprint density at radius 2 is 2.22 bits per heavy atom. The van der Waals surface area contributed by atoms with Gasteiger partial charge in [-0.3, -0.25) is 4.79 Å². The molecule has 2 N–H and O–H groups in total. The summed E-state index contributed by atoms with van der Waals surface area (Å²) in [7, 11) is 4.09. The number of hydrogen-bond acceptors (Lipinski definition) is 3. The quantitative estimate of drug-likeness (QED) is 0.852. The largest absolute Gasteiger partial charge is 0.383 e. The van der Waals surface area contributed by atoms with Crippen LogP contribution in [0.5, 0.6) is 0 Å². The first-order valence-corrected chi connectivity index (χ1v) is 6.37. The zero-order chi connectivity index (χ0) is 13.1. The number of carbonyl (C=O) groups is 1. The minimum Gasteiger partial charge on any atom is -0.383 e. The van der Waals surface area contributed by atoms with Gasteiger partial charge in [-0.25, -0.2) is 0 Å². The zero-order valence-electron chi connectivity index (χ0n) is 11.3. The number of hydrogen-bond donors (Lipinski definition) is 2. The third-order valence-corrected chi connectivity index (χ3v) is 3.33. The van der Waals surface area contributed by atoms with Gasteiger partial charge in [0.25, 0.3) is 0 Å². The number of nitrogens with zero attached hydrogens (tertiary/aromatic N) is 1. The van der Waals surface area contributed by atoms with Crippen LogP contribution >= 0.6 is 0 Å². The molecule has 98 valence electrons. The molecule has 1 unspecified atom stereocenters. The maximum Gasteiger partial charge on any atom is 0.220 e. The summed E-state index contributed by atoms with van der Waals surface area (Å²) in [4.78, 5) is 13.2. The van der Waals surface area contributed by atoms with E-state index in [1.165, 1.54) is 11.3 Å². The van der Waals surface area contributed by atoms with E-state index in [0.29, 0.717) is 6.42 Å². The Morgan fingerprint density at radius 3 is 2.83 bits per heavy atom. The summed E-state index contributed by atoms with van der Waals surface area (Å²) in [5.41, 5.74) is 3.58. The Labute approximate surface area is 108 Å². The van der Waals surface area contributed by atoms with Gasteiger partial charge in [-0.05, 0) is 31.0 Å². The van der Waals surface area contributed by atoms with Crippen LogP contribution in [0, 0.1) is 6.92 Å². The lowest BCUT2D eigenvalue weighted by Gasteiger charge is -2.18. The standard InChI is InChI=1S/C14H21N3O/c1-10-4-5-11(8-13(10)17(2)3)15-9-12-6-7-14(18)16-12/h4-5,8,12,15H,6-7,9H2,1-3H3,(H,16,18). The molecule has 4 nitrogen and oxygen atoms in total. The summed E-state index contributed by atoms with van der Waals surface area (Å²) >= 11 is 0. The maximum absolute atomic E-state index is 11.1. The van der Waals surface area contributed by atoms with Crippen molar-refractivity contribution in [1.29, 1.82) is 0 Å². The van der Waals surface area contributed by atoms with Gasteiger partial charge in [-0.2, -0.15) is 0 Å². The van der Waals surface area contributed by atoms with Crippen molar-refractivity contribution in [2.75, 3.05) is 30.9 Å². The summed E-state index contributed by atoms with van der Waals surface area (Å²) in [6, 6.07) is 6.61. The van der Waals surface area contributed by atoms with Crippen molar-refractivity contribution in [2.24, 2.45) is 0 Å². The Balaban J connectivity index is 1.97. The SMILES string of the molecule is Cc1ccc(NCC2CCC(=O)N2)cc1N(C)C. The number of amides is 1. The molecule has 0 aliphatic carbocycles. The molecule has 1 atom stereocenters. The van der Waals surface area contributed by atoms with Gasteiger partial charge in [-0.1, -0.05) is 6.07 Å². The molecule has 0 saturated carbocycles. The molecule has 4 heteroatoms. The predicted molar refractivity (Wildman–Crippen MR) is 75.2 cm³/mol. The molecule has 2 rings (SSSR count). The monoisotopic (exact) mass is 247 g/mol. The van der Waals surface area contributed by atoms with Gasteiger partial charge in [0.2, 0.25) is 5.91 Å². The van der Waals surface area contributed by atoms with Gasteiger partial charge in [0.1, 0.15) is 0 Å². The summed E-state index contributed by atoms with van der Waals surface area (Å²) < 4.78 is 0. The van der Waals surface area contributed by atoms with Crippen molar-refractivity contribution in [3.63, 3.8) is 0 Å². The van der Waals surface area contributed by atoms with Crippen molar-refractivity contribution in [1.82, 2.24) is 5.32 Å². The highest BCUT2D eigenvalue weighted by Crippen LogP contribution is 2.22. The minimum atomic E-state index is 0.166. The average Bonchev–Trinajstić information content (AvgIpc) is 2.74. The van der Waals surface area contributed by atoms with Crippen molar-refractivity contribution in [3.8, 4) is 0 Å². The second-order valence-electron chi connectivity index (χ2n) is 5.08. The molecule has 1 aliphatic rings. The van der Waals surface area contributed by atoms with Crippen LogP contribution in [0.2, 0.25) is 0 Å². The van der Waals surface area contributed by atoms with E-state index in [9.17, 15) is 4.79 Å². The van der Waals surface area contributed by atoms with Crippen molar-refractivity contribution < 1.29 is 4.79 Å². The van der Waals surface area contributed by atoms with Crippen LogP contribution in [0.15, 0.2) is 18.2 Å². The third-order valence-electron chi connectivity index (χ3n) is 3.33. The fourth-order valence-corrected chi connectivity index (χ4v) is 2.27. The summed E-state index contributed by atoms with van der Waals surface area (Å²) in [6.45, 7) is 2.90. The molecule has 1 fully saturated rings. The summed E-state index contributed by atoms with van der Waals surface area (Å²) in [5, 5.41) is 6.35. The zero-order valence-corrected chi connectivity index (χ0v) is 11.3. The Hall–Kier alpha value is -1.71. The molecule has 1 aliphatic heterocycles. The highest BCUT2D eigenvalue weighted by Gasteiger charge is 2.20. The van der Waals surface area contributed by atoms with Gasteiger partial charge >= 0.3 is 0 Å². The molecule has 0 spiro atoms. The molecule has 18 heavy (non-hydrogen) atoms. The number of nitrogens with one attached hydrogen (secondary N) is 2. The van der Waals surface area contributed by atoms with Crippen molar-refractivity contribution in [2.45, 2.75) is 25.8 Å². The third kappa shape index (κ3) is 2.94. The lowest BCUT2D eigenvalue weighted by atomic mass is 10.1. The average molecular weight is 247 g/mol. The second-order valence-corrected chi connectivity index (χ2v) is 5.08. The van der Waals surface area contributed by atoms with E-state index >= 15 is 0 Å². The molecule has 0 radical (unpaired) electrons. The number of benzene rings is 1. The molecule has 1 amide bonds. The van der Waals surface area contributed by atoms with Crippen LogP contribution in [0.25, 0.3) is 0 Å². The Bertz CT molecular complexity index is 443. The highest BCUT2D eigenvalue weighted by molar-refractivity contribution is 5.78. The van der Waals surface area contributed by atoms with Gasteiger partial charge < -0.3 is 15.5 Å². The molecule has 1 heterocycles. The second kappa shape index (κ2) is 5.29. The fraction of sp³-hybridized carbons (Fsp3) is 0.500. The van der Waals surface area contributed by atoms with E-state index in [4.69, 9.17) is 0 Å². The van der Waals surface area contributed by atoms with Crippen LogP contribution in [-0.2, 0) is 4.79 Å². The van der Waals surface area contributed by atoms with E-state index in [1.54, 1.807) is 0 Å².